The van der Waals surface area contributed by atoms with Crippen LogP contribution in [-0.4, -0.2) is 4.98 Å². The highest BCUT2D eigenvalue weighted by Crippen LogP contribution is 2.41. The zero-order valence-electron chi connectivity index (χ0n) is 14.8. The summed E-state index contributed by atoms with van der Waals surface area (Å²) in [6.45, 7) is 8.35. The summed E-state index contributed by atoms with van der Waals surface area (Å²) in [5, 5.41) is 1.69. The van der Waals surface area contributed by atoms with Gasteiger partial charge in [-0.25, -0.2) is 0 Å². The van der Waals surface area contributed by atoms with E-state index in [9.17, 15) is 0 Å². The minimum absolute atomic E-state index is 0.677. The third-order valence-corrected chi connectivity index (χ3v) is 5.26. The van der Waals surface area contributed by atoms with Crippen molar-refractivity contribution in [3.05, 3.63) is 69.7 Å². The molecule has 0 bridgehead atoms. The topological polar surface area (TPSA) is 28.9 Å². The lowest BCUT2D eigenvalue weighted by Crippen LogP contribution is -1.84. The molecule has 2 nitrogen and oxygen atoms in total. The number of rotatable bonds is 2. The standard InChI is InChI=1S/C22H20ClNO/c1-12-5-7-16(8-6-12)17-9-10-18(24-17)22-20(23)19-15(4)13(2)11-14(3)21(19)25-22/h5-11,24H,1-4H3. The molecule has 1 N–H and O–H groups in total. The van der Waals surface area contributed by atoms with E-state index in [0.29, 0.717) is 10.8 Å². The molecule has 0 aliphatic heterocycles. The van der Waals surface area contributed by atoms with Crippen molar-refractivity contribution in [3.8, 4) is 22.7 Å². The summed E-state index contributed by atoms with van der Waals surface area (Å²) in [6, 6.07) is 14.7. The fraction of sp³-hybridized carbons (Fsp3) is 0.182. The van der Waals surface area contributed by atoms with E-state index in [1.54, 1.807) is 0 Å². The van der Waals surface area contributed by atoms with Crippen LogP contribution in [-0.2, 0) is 0 Å². The van der Waals surface area contributed by atoms with Gasteiger partial charge in [0.1, 0.15) is 5.58 Å². The summed E-state index contributed by atoms with van der Waals surface area (Å²) < 4.78 is 6.16. The van der Waals surface area contributed by atoms with E-state index in [4.69, 9.17) is 16.0 Å². The van der Waals surface area contributed by atoms with Crippen LogP contribution in [0.5, 0.6) is 0 Å². The van der Waals surface area contributed by atoms with Crippen molar-refractivity contribution in [2.45, 2.75) is 27.7 Å². The molecule has 4 rings (SSSR count). The van der Waals surface area contributed by atoms with E-state index in [1.165, 1.54) is 16.7 Å². The Bertz CT molecular complexity index is 1080. The summed E-state index contributed by atoms with van der Waals surface area (Å²) >= 11 is 6.70. The lowest BCUT2D eigenvalue weighted by atomic mass is 10.0. The highest BCUT2D eigenvalue weighted by molar-refractivity contribution is 6.38. The minimum Gasteiger partial charge on any atom is -0.453 e. The fourth-order valence-electron chi connectivity index (χ4n) is 3.32. The lowest BCUT2D eigenvalue weighted by Gasteiger charge is -2.03. The Morgan fingerprint density at radius 2 is 1.52 bits per heavy atom. The predicted octanol–water partition coefficient (Wildman–Crippen LogP) is 6.98. The first-order valence-corrected chi connectivity index (χ1v) is 8.78. The Morgan fingerprint density at radius 3 is 2.24 bits per heavy atom. The van der Waals surface area contributed by atoms with Gasteiger partial charge in [0.15, 0.2) is 5.76 Å². The van der Waals surface area contributed by atoms with Crippen molar-refractivity contribution in [3.63, 3.8) is 0 Å². The number of aromatic nitrogens is 1. The maximum Gasteiger partial charge on any atom is 0.170 e. The molecule has 0 radical (unpaired) electrons. The van der Waals surface area contributed by atoms with Gasteiger partial charge < -0.3 is 9.40 Å². The van der Waals surface area contributed by atoms with E-state index in [-0.39, 0.29) is 0 Å². The fourth-order valence-corrected chi connectivity index (χ4v) is 3.69. The van der Waals surface area contributed by atoms with Crippen LogP contribution >= 0.6 is 11.6 Å². The Morgan fingerprint density at radius 1 is 0.840 bits per heavy atom. The van der Waals surface area contributed by atoms with E-state index in [2.05, 4.69) is 69.1 Å². The third kappa shape index (κ3) is 2.58. The van der Waals surface area contributed by atoms with Gasteiger partial charge in [-0.05, 0) is 62.1 Å². The molecule has 3 heteroatoms. The predicted molar refractivity (Wildman–Crippen MR) is 105 cm³/mol. The molecule has 0 aliphatic carbocycles. The number of H-pyrrole nitrogens is 1. The second-order valence-electron chi connectivity index (χ2n) is 6.74. The van der Waals surface area contributed by atoms with Crippen molar-refractivity contribution in [1.82, 2.24) is 4.98 Å². The Kier molecular flexibility index (Phi) is 3.73. The minimum atomic E-state index is 0.677. The molecular formula is C22H20ClNO. The van der Waals surface area contributed by atoms with Crippen LogP contribution in [0.2, 0.25) is 5.02 Å². The first kappa shape index (κ1) is 16.0. The molecule has 0 unspecified atom stereocenters. The van der Waals surface area contributed by atoms with Gasteiger partial charge in [0.2, 0.25) is 0 Å². The van der Waals surface area contributed by atoms with Crippen molar-refractivity contribution in [2.24, 2.45) is 0 Å². The molecule has 2 aromatic carbocycles. The van der Waals surface area contributed by atoms with Gasteiger partial charge in [0.05, 0.1) is 10.7 Å². The van der Waals surface area contributed by atoms with E-state index < -0.39 is 0 Å². The largest absolute Gasteiger partial charge is 0.453 e. The first-order chi connectivity index (χ1) is 12.0. The second-order valence-corrected chi connectivity index (χ2v) is 7.11. The zero-order chi connectivity index (χ0) is 17.7. The quantitative estimate of drug-likeness (QED) is 0.415. The lowest BCUT2D eigenvalue weighted by molar-refractivity contribution is 0.626. The van der Waals surface area contributed by atoms with Gasteiger partial charge in [0.25, 0.3) is 0 Å². The molecule has 0 aliphatic rings. The first-order valence-electron chi connectivity index (χ1n) is 8.41. The molecule has 0 atom stereocenters. The van der Waals surface area contributed by atoms with Gasteiger partial charge in [-0.15, -0.1) is 0 Å². The van der Waals surface area contributed by atoms with Crippen LogP contribution in [0.25, 0.3) is 33.7 Å². The van der Waals surface area contributed by atoms with Gasteiger partial charge in [0, 0.05) is 11.1 Å². The van der Waals surface area contributed by atoms with Crippen LogP contribution in [0, 0.1) is 27.7 Å². The average Bonchev–Trinajstić information content (AvgIpc) is 3.18. The highest BCUT2D eigenvalue weighted by atomic mass is 35.5. The number of fused-ring (bicyclic) bond motifs is 1. The van der Waals surface area contributed by atoms with Gasteiger partial charge in [-0.2, -0.15) is 0 Å². The summed E-state index contributed by atoms with van der Waals surface area (Å²) in [5.74, 6) is 0.701. The van der Waals surface area contributed by atoms with Crippen LogP contribution < -0.4 is 0 Å². The molecule has 2 aromatic heterocycles. The van der Waals surface area contributed by atoms with Crippen molar-refractivity contribution >= 4 is 22.6 Å². The zero-order valence-corrected chi connectivity index (χ0v) is 15.6. The average molecular weight is 350 g/mol. The highest BCUT2D eigenvalue weighted by Gasteiger charge is 2.19. The summed E-state index contributed by atoms with van der Waals surface area (Å²) in [6.07, 6.45) is 0. The molecule has 0 spiro atoms. The molecule has 0 saturated heterocycles. The Balaban J connectivity index is 1.86. The van der Waals surface area contributed by atoms with Crippen LogP contribution in [0.4, 0.5) is 0 Å². The summed E-state index contributed by atoms with van der Waals surface area (Å²) in [4.78, 5) is 3.44. The molecule has 0 fully saturated rings. The SMILES string of the molecule is Cc1ccc(-c2ccc(-c3oc4c(C)cc(C)c(C)c4c3Cl)[nH]2)cc1. The molecule has 4 aromatic rings. The van der Waals surface area contributed by atoms with Gasteiger partial charge in [-0.1, -0.05) is 47.5 Å². The maximum atomic E-state index is 6.70. The molecule has 2 heterocycles. The maximum absolute atomic E-state index is 6.70. The van der Waals surface area contributed by atoms with Crippen LogP contribution in [0.15, 0.2) is 46.9 Å². The van der Waals surface area contributed by atoms with E-state index in [0.717, 1.165) is 33.5 Å². The number of hydrogen-bond donors (Lipinski definition) is 1. The normalized spacial score (nSPS) is 11.4. The van der Waals surface area contributed by atoms with Crippen LogP contribution in [0.3, 0.4) is 0 Å². The second kappa shape index (κ2) is 5.82. The Hall–Kier alpha value is -2.45. The Labute approximate surface area is 152 Å². The molecular weight excluding hydrogens is 330 g/mol. The summed E-state index contributed by atoms with van der Waals surface area (Å²) in [7, 11) is 0. The third-order valence-electron chi connectivity index (χ3n) is 4.90. The van der Waals surface area contributed by atoms with Gasteiger partial charge >= 0.3 is 0 Å². The van der Waals surface area contributed by atoms with Crippen molar-refractivity contribution < 1.29 is 4.42 Å². The number of nitrogens with one attached hydrogen (secondary N) is 1. The smallest absolute Gasteiger partial charge is 0.170 e. The molecule has 0 saturated carbocycles. The number of aromatic amines is 1. The van der Waals surface area contributed by atoms with Crippen molar-refractivity contribution in [2.75, 3.05) is 0 Å². The number of furan rings is 1. The molecule has 0 amide bonds. The van der Waals surface area contributed by atoms with Gasteiger partial charge in [-0.3, -0.25) is 0 Å². The van der Waals surface area contributed by atoms with Crippen molar-refractivity contribution in [1.29, 1.82) is 0 Å². The number of halogens is 1. The van der Waals surface area contributed by atoms with E-state index in [1.807, 2.05) is 6.07 Å². The number of aryl methyl sites for hydroxylation is 4. The van der Waals surface area contributed by atoms with Crippen LogP contribution in [0.1, 0.15) is 22.3 Å². The molecule has 25 heavy (non-hydrogen) atoms. The van der Waals surface area contributed by atoms with E-state index >= 15 is 0 Å². The number of benzene rings is 2. The molecule has 126 valence electrons. The monoisotopic (exact) mass is 349 g/mol. The number of hydrogen-bond acceptors (Lipinski definition) is 1. The summed E-state index contributed by atoms with van der Waals surface area (Å²) in [5.41, 5.74) is 8.72.